The van der Waals surface area contributed by atoms with Crippen LogP contribution >= 0.6 is 11.6 Å². The average molecular weight is 348 g/mol. The van der Waals surface area contributed by atoms with E-state index in [1.807, 2.05) is 28.8 Å². The summed E-state index contributed by atoms with van der Waals surface area (Å²) in [6.45, 7) is 2.44. The fraction of sp³-hybridized carbons (Fsp3) is 0.353. The van der Waals surface area contributed by atoms with Gasteiger partial charge in [-0.15, -0.1) is 0 Å². The Labute approximate surface area is 145 Å². The molecule has 0 fully saturated rings. The molecule has 1 amide bonds. The minimum atomic E-state index is -0.612. The lowest BCUT2D eigenvalue weighted by Crippen LogP contribution is -2.48. The molecule has 1 aliphatic heterocycles. The fourth-order valence-corrected chi connectivity index (χ4v) is 3.09. The van der Waals surface area contributed by atoms with Crippen molar-refractivity contribution in [3.63, 3.8) is 0 Å². The van der Waals surface area contributed by atoms with Gasteiger partial charge in [0.05, 0.1) is 31.4 Å². The number of esters is 1. The number of aromatic nitrogens is 2. The van der Waals surface area contributed by atoms with Crippen molar-refractivity contribution in [2.24, 2.45) is 0 Å². The van der Waals surface area contributed by atoms with Crippen LogP contribution in [0.3, 0.4) is 0 Å². The Kier molecular flexibility index (Phi) is 4.57. The molecule has 2 aromatic rings. The molecule has 0 aliphatic carbocycles. The molecule has 1 aromatic heterocycles. The molecule has 0 bridgehead atoms. The zero-order chi connectivity index (χ0) is 17.3. The molecule has 6 nitrogen and oxygen atoms in total. The van der Waals surface area contributed by atoms with Gasteiger partial charge >= 0.3 is 5.97 Å². The van der Waals surface area contributed by atoms with Crippen molar-refractivity contribution < 1.29 is 14.3 Å². The van der Waals surface area contributed by atoms with Gasteiger partial charge in [0.2, 0.25) is 5.91 Å². The molecule has 0 radical (unpaired) electrons. The van der Waals surface area contributed by atoms with Gasteiger partial charge < -0.3 is 14.2 Å². The number of imidazole rings is 1. The number of benzene rings is 1. The van der Waals surface area contributed by atoms with Gasteiger partial charge in [0.15, 0.2) is 0 Å². The molecule has 1 atom stereocenters. The van der Waals surface area contributed by atoms with Crippen LogP contribution in [0.25, 0.3) is 0 Å². The SMILES string of the molecule is COC(=O)[C@@H]1Cc2ncn(Cc3ccc(Cl)cc3)c2CN1C(C)=O. The summed E-state index contributed by atoms with van der Waals surface area (Å²) < 4.78 is 6.82. The van der Waals surface area contributed by atoms with Crippen LogP contribution in [0.2, 0.25) is 5.02 Å². The number of fused-ring (bicyclic) bond motifs is 1. The number of ether oxygens (including phenoxy) is 1. The minimum absolute atomic E-state index is 0.157. The molecule has 0 saturated carbocycles. The molecule has 2 heterocycles. The lowest BCUT2D eigenvalue weighted by Gasteiger charge is -2.33. The van der Waals surface area contributed by atoms with Gasteiger partial charge in [0.1, 0.15) is 6.04 Å². The standard InChI is InChI=1S/C17H18ClN3O3/c1-11(22)21-9-16-14(7-15(21)17(23)24-2)19-10-20(16)8-12-3-5-13(18)6-4-12/h3-6,10,15H,7-9H2,1-2H3/t15-/m0/s1. The third-order valence-electron chi connectivity index (χ3n) is 4.26. The van der Waals surface area contributed by atoms with Gasteiger partial charge in [0, 0.05) is 24.9 Å². The first-order chi connectivity index (χ1) is 11.5. The maximum Gasteiger partial charge on any atom is 0.329 e. The van der Waals surface area contributed by atoms with Gasteiger partial charge in [-0.05, 0) is 17.7 Å². The van der Waals surface area contributed by atoms with E-state index in [0.29, 0.717) is 24.5 Å². The largest absolute Gasteiger partial charge is 0.467 e. The Morgan fingerprint density at radius 3 is 2.67 bits per heavy atom. The quantitative estimate of drug-likeness (QED) is 0.797. The molecular weight excluding hydrogens is 330 g/mol. The number of hydrogen-bond donors (Lipinski definition) is 0. The van der Waals surface area contributed by atoms with Crippen LogP contribution < -0.4 is 0 Å². The fourth-order valence-electron chi connectivity index (χ4n) is 2.97. The molecule has 126 valence electrons. The summed E-state index contributed by atoms with van der Waals surface area (Å²) in [6, 6.07) is 6.99. The summed E-state index contributed by atoms with van der Waals surface area (Å²) in [5.41, 5.74) is 2.86. The number of hydrogen-bond acceptors (Lipinski definition) is 4. The Morgan fingerprint density at radius 1 is 1.33 bits per heavy atom. The van der Waals surface area contributed by atoms with Gasteiger partial charge in [-0.3, -0.25) is 4.79 Å². The highest BCUT2D eigenvalue weighted by molar-refractivity contribution is 6.30. The highest BCUT2D eigenvalue weighted by Gasteiger charge is 2.36. The van der Waals surface area contributed by atoms with Crippen LogP contribution in [-0.2, 0) is 33.8 Å². The van der Waals surface area contributed by atoms with Gasteiger partial charge in [-0.2, -0.15) is 0 Å². The lowest BCUT2D eigenvalue weighted by atomic mass is 10.0. The van der Waals surface area contributed by atoms with E-state index >= 15 is 0 Å². The third-order valence-corrected chi connectivity index (χ3v) is 4.51. The van der Waals surface area contributed by atoms with E-state index < -0.39 is 12.0 Å². The monoisotopic (exact) mass is 347 g/mol. The molecule has 24 heavy (non-hydrogen) atoms. The highest BCUT2D eigenvalue weighted by Crippen LogP contribution is 2.24. The van der Waals surface area contributed by atoms with Crippen molar-refractivity contribution in [1.29, 1.82) is 0 Å². The minimum Gasteiger partial charge on any atom is -0.467 e. The van der Waals surface area contributed by atoms with Crippen LogP contribution in [-0.4, -0.2) is 39.5 Å². The van der Waals surface area contributed by atoms with Crippen LogP contribution in [0.5, 0.6) is 0 Å². The summed E-state index contributed by atoms with van der Waals surface area (Å²) in [5.74, 6) is -0.571. The first-order valence-corrected chi connectivity index (χ1v) is 7.99. The van der Waals surface area contributed by atoms with E-state index in [9.17, 15) is 9.59 Å². The van der Waals surface area contributed by atoms with Gasteiger partial charge in [-0.1, -0.05) is 23.7 Å². The van der Waals surface area contributed by atoms with Crippen molar-refractivity contribution in [3.8, 4) is 0 Å². The smallest absolute Gasteiger partial charge is 0.329 e. The van der Waals surface area contributed by atoms with Crippen molar-refractivity contribution >= 4 is 23.5 Å². The van der Waals surface area contributed by atoms with Gasteiger partial charge in [-0.25, -0.2) is 9.78 Å². The van der Waals surface area contributed by atoms with Crippen molar-refractivity contribution in [2.75, 3.05) is 7.11 Å². The van der Waals surface area contributed by atoms with E-state index in [2.05, 4.69) is 4.98 Å². The lowest BCUT2D eigenvalue weighted by molar-refractivity contribution is -0.153. The maximum absolute atomic E-state index is 12.0. The molecule has 7 heteroatoms. The second-order valence-corrected chi connectivity index (χ2v) is 6.22. The number of rotatable bonds is 3. The third kappa shape index (κ3) is 3.14. The van der Waals surface area contributed by atoms with Crippen LogP contribution in [0, 0.1) is 0 Å². The Hall–Kier alpha value is -2.34. The van der Waals surface area contributed by atoms with Gasteiger partial charge in [0.25, 0.3) is 0 Å². The average Bonchev–Trinajstić information content (AvgIpc) is 2.97. The second kappa shape index (κ2) is 6.65. The Balaban J connectivity index is 1.88. The molecule has 3 rings (SSSR count). The van der Waals surface area contributed by atoms with E-state index in [0.717, 1.165) is 17.0 Å². The van der Waals surface area contributed by atoms with E-state index in [1.54, 1.807) is 6.33 Å². The van der Waals surface area contributed by atoms with Crippen molar-refractivity contribution in [3.05, 3.63) is 52.6 Å². The predicted octanol–water partition coefficient (Wildman–Crippen LogP) is 2.03. The summed E-state index contributed by atoms with van der Waals surface area (Å²) in [6.07, 6.45) is 2.12. The zero-order valence-corrected chi connectivity index (χ0v) is 14.3. The zero-order valence-electron chi connectivity index (χ0n) is 13.5. The van der Waals surface area contributed by atoms with Crippen molar-refractivity contribution in [2.45, 2.75) is 32.5 Å². The molecule has 1 aromatic carbocycles. The summed E-state index contributed by atoms with van der Waals surface area (Å²) in [4.78, 5) is 29.9. The molecule has 0 spiro atoms. The first kappa shape index (κ1) is 16.5. The predicted molar refractivity (Wildman–Crippen MR) is 88.5 cm³/mol. The Bertz CT molecular complexity index is 770. The first-order valence-electron chi connectivity index (χ1n) is 7.62. The van der Waals surface area contributed by atoms with E-state index in [-0.39, 0.29) is 5.91 Å². The van der Waals surface area contributed by atoms with Crippen LogP contribution in [0.15, 0.2) is 30.6 Å². The number of carbonyl (C=O) groups excluding carboxylic acids is 2. The highest BCUT2D eigenvalue weighted by atomic mass is 35.5. The molecular formula is C17H18ClN3O3. The number of halogens is 1. The van der Waals surface area contributed by atoms with E-state index in [4.69, 9.17) is 16.3 Å². The molecule has 0 saturated heterocycles. The number of amides is 1. The number of methoxy groups -OCH3 is 1. The topological polar surface area (TPSA) is 64.4 Å². The number of carbonyl (C=O) groups is 2. The molecule has 0 N–H and O–H groups in total. The Morgan fingerprint density at radius 2 is 2.04 bits per heavy atom. The maximum atomic E-state index is 12.0. The van der Waals surface area contributed by atoms with Crippen molar-refractivity contribution in [1.82, 2.24) is 14.5 Å². The van der Waals surface area contributed by atoms with Crippen LogP contribution in [0.4, 0.5) is 0 Å². The normalized spacial score (nSPS) is 16.6. The summed E-state index contributed by atoms with van der Waals surface area (Å²) in [7, 11) is 1.33. The number of nitrogens with zero attached hydrogens (tertiary/aromatic N) is 3. The molecule has 1 aliphatic rings. The van der Waals surface area contributed by atoms with Crippen LogP contribution in [0.1, 0.15) is 23.9 Å². The summed E-state index contributed by atoms with van der Waals surface area (Å²) >= 11 is 5.92. The second-order valence-electron chi connectivity index (χ2n) is 5.78. The molecule has 0 unspecified atom stereocenters. The van der Waals surface area contributed by atoms with E-state index in [1.165, 1.54) is 18.9 Å². The summed E-state index contributed by atoms with van der Waals surface area (Å²) in [5, 5.41) is 0.690.